The van der Waals surface area contributed by atoms with E-state index in [1.165, 1.54) is 23.1 Å². The van der Waals surface area contributed by atoms with Crippen LogP contribution in [0.15, 0.2) is 14.9 Å². The molecule has 2 heterocycles. The van der Waals surface area contributed by atoms with E-state index in [0.717, 1.165) is 20.1 Å². The van der Waals surface area contributed by atoms with Gasteiger partial charge in [0, 0.05) is 0 Å². The summed E-state index contributed by atoms with van der Waals surface area (Å²) in [5, 5.41) is 9.13. The zero-order chi connectivity index (χ0) is 9.97. The van der Waals surface area contributed by atoms with Gasteiger partial charge in [0.15, 0.2) is 8.68 Å². The van der Waals surface area contributed by atoms with Gasteiger partial charge < -0.3 is 0 Å². The molecule has 74 valence electrons. The Labute approximate surface area is 98.6 Å². The second-order valence-electron chi connectivity index (χ2n) is 2.35. The van der Waals surface area contributed by atoms with Gasteiger partial charge in [0.1, 0.15) is 9.34 Å². The van der Waals surface area contributed by atoms with E-state index in [4.69, 9.17) is 11.6 Å². The molecule has 2 aromatic rings. The third-order valence-electron chi connectivity index (χ3n) is 1.38. The Balaban J connectivity index is 2.10. The molecule has 0 spiro atoms. The summed E-state index contributed by atoms with van der Waals surface area (Å²) in [6.45, 7) is 2.06. The van der Waals surface area contributed by atoms with Gasteiger partial charge in [0.05, 0.1) is 6.20 Å². The number of aryl methyl sites for hydroxylation is 1. The summed E-state index contributed by atoms with van der Waals surface area (Å²) in [5.41, 5.74) is 0. The minimum Gasteiger partial charge on any atom is -0.236 e. The number of hydrogen-bond acceptors (Lipinski definition) is 6. The molecular formula is C7H6ClN3S3. The molecule has 2 aromatic heterocycles. The van der Waals surface area contributed by atoms with Crippen LogP contribution in [0, 0.1) is 0 Å². The number of halogens is 1. The third-order valence-corrected chi connectivity index (χ3v) is 4.69. The van der Waals surface area contributed by atoms with Gasteiger partial charge in [0.2, 0.25) is 0 Å². The van der Waals surface area contributed by atoms with Crippen LogP contribution in [0.5, 0.6) is 0 Å². The summed E-state index contributed by atoms with van der Waals surface area (Å²) in [6, 6.07) is 0. The van der Waals surface area contributed by atoms with E-state index in [2.05, 4.69) is 22.1 Å². The maximum Gasteiger partial charge on any atom is 0.181 e. The Kier molecular flexibility index (Phi) is 3.38. The van der Waals surface area contributed by atoms with Crippen LogP contribution >= 0.6 is 46.0 Å². The van der Waals surface area contributed by atoms with E-state index < -0.39 is 0 Å². The zero-order valence-corrected chi connectivity index (χ0v) is 10.4. The second kappa shape index (κ2) is 4.57. The Hall–Kier alpha value is -0.170. The highest BCUT2D eigenvalue weighted by atomic mass is 35.5. The molecule has 0 bridgehead atoms. The van der Waals surface area contributed by atoms with Gasteiger partial charge in [-0.2, -0.15) is 0 Å². The predicted octanol–water partition coefficient (Wildman–Crippen LogP) is 3.36. The van der Waals surface area contributed by atoms with Crippen molar-refractivity contribution in [2.75, 3.05) is 0 Å². The van der Waals surface area contributed by atoms with Crippen molar-refractivity contribution in [3.8, 4) is 0 Å². The van der Waals surface area contributed by atoms with Crippen molar-refractivity contribution in [1.82, 2.24) is 15.2 Å². The number of rotatable bonds is 3. The maximum atomic E-state index is 5.77. The first-order valence-electron chi connectivity index (χ1n) is 3.89. The minimum atomic E-state index is 0.702. The molecule has 0 unspecified atom stereocenters. The summed E-state index contributed by atoms with van der Waals surface area (Å²) in [6.07, 6.45) is 2.58. The smallest absolute Gasteiger partial charge is 0.181 e. The molecule has 3 nitrogen and oxygen atoms in total. The van der Waals surface area contributed by atoms with Crippen molar-refractivity contribution in [2.24, 2.45) is 0 Å². The molecule has 0 atom stereocenters. The summed E-state index contributed by atoms with van der Waals surface area (Å²) >= 11 is 10.3. The van der Waals surface area contributed by atoms with E-state index in [0.29, 0.717) is 4.34 Å². The number of nitrogens with zero attached hydrogens (tertiary/aromatic N) is 3. The summed E-state index contributed by atoms with van der Waals surface area (Å²) in [5.74, 6) is 0. The Bertz CT molecular complexity index is 425. The van der Waals surface area contributed by atoms with Gasteiger partial charge in [-0.25, -0.2) is 4.98 Å². The van der Waals surface area contributed by atoms with Gasteiger partial charge in [-0.15, -0.1) is 10.2 Å². The molecule has 0 aliphatic carbocycles. The first-order valence-corrected chi connectivity index (χ1v) is 6.72. The highest BCUT2D eigenvalue weighted by molar-refractivity contribution is 8.02. The molecule has 0 aliphatic heterocycles. The summed E-state index contributed by atoms with van der Waals surface area (Å²) < 4.78 is 2.54. The lowest BCUT2D eigenvalue weighted by atomic mass is 10.5. The molecule has 7 heteroatoms. The van der Waals surface area contributed by atoms with E-state index >= 15 is 0 Å². The largest absolute Gasteiger partial charge is 0.236 e. The highest BCUT2D eigenvalue weighted by Gasteiger charge is 2.07. The molecular weight excluding hydrogens is 258 g/mol. The Morgan fingerprint density at radius 1 is 1.36 bits per heavy atom. The number of hydrogen-bond donors (Lipinski definition) is 0. The summed E-state index contributed by atoms with van der Waals surface area (Å²) in [4.78, 5) is 4.13. The van der Waals surface area contributed by atoms with Crippen LogP contribution in [0.25, 0.3) is 0 Å². The molecule has 0 saturated heterocycles. The van der Waals surface area contributed by atoms with Crippen molar-refractivity contribution in [1.29, 1.82) is 0 Å². The fraction of sp³-hybridized carbons (Fsp3) is 0.286. The lowest BCUT2D eigenvalue weighted by Gasteiger charge is -1.86. The molecule has 0 aromatic carbocycles. The van der Waals surface area contributed by atoms with Crippen molar-refractivity contribution in [3.63, 3.8) is 0 Å². The fourth-order valence-electron chi connectivity index (χ4n) is 0.784. The van der Waals surface area contributed by atoms with E-state index in [1.807, 2.05) is 0 Å². The van der Waals surface area contributed by atoms with Gasteiger partial charge >= 0.3 is 0 Å². The fourth-order valence-corrected chi connectivity index (χ4v) is 3.94. The molecule has 0 fully saturated rings. The van der Waals surface area contributed by atoms with Gasteiger partial charge in [-0.1, -0.05) is 41.2 Å². The average Bonchev–Trinajstić information content (AvgIpc) is 2.76. The van der Waals surface area contributed by atoms with Gasteiger partial charge in [0.25, 0.3) is 0 Å². The Morgan fingerprint density at radius 3 is 2.79 bits per heavy atom. The number of thiazole rings is 1. The maximum absolute atomic E-state index is 5.77. The van der Waals surface area contributed by atoms with Crippen LogP contribution in [-0.4, -0.2) is 15.2 Å². The van der Waals surface area contributed by atoms with Crippen LogP contribution < -0.4 is 0 Å². The van der Waals surface area contributed by atoms with Crippen LogP contribution in [0.2, 0.25) is 4.34 Å². The number of aromatic nitrogens is 3. The minimum absolute atomic E-state index is 0.702. The van der Waals surface area contributed by atoms with Crippen LogP contribution in [0.4, 0.5) is 0 Å². The van der Waals surface area contributed by atoms with Crippen molar-refractivity contribution < 1.29 is 0 Å². The van der Waals surface area contributed by atoms with Crippen LogP contribution in [-0.2, 0) is 6.42 Å². The highest BCUT2D eigenvalue weighted by Crippen LogP contribution is 2.34. The van der Waals surface area contributed by atoms with Crippen molar-refractivity contribution in [3.05, 3.63) is 15.5 Å². The SMILES string of the molecule is CCc1nnc(Sc2ncc(Cl)s2)s1. The lowest BCUT2D eigenvalue weighted by molar-refractivity contribution is 0.943. The normalized spacial score (nSPS) is 10.7. The molecule has 14 heavy (non-hydrogen) atoms. The van der Waals surface area contributed by atoms with Gasteiger partial charge in [-0.3, -0.25) is 0 Å². The molecule has 0 amide bonds. The van der Waals surface area contributed by atoms with Crippen LogP contribution in [0.1, 0.15) is 11.9 Å². The second-order valence-corrected chi connectivity index (χ2v) is 6.57. The molecule has 0 saturated carbocycles. The van der Waals surface area contributed by atoms with Gasteiger partial charge in [-0.05, 0) is 18.2 Å². The average molecular weight is 264 g/mol. The first-order chi connectivity index (χ1) is 6.78. The standard InChI is InChI=1S/C7H6ClN3S3/c1-2-5-10-11-7(13-5)14-6-9-3-4(8)12-6/h3H,2H2,1H3. The molecule has 0 aliphatic rings. The molecule has 0 radical (unpaired) electrons. The van der Waals surface area contributed by atoms with E-state index in [-0.39, 0.29) is 0 Å². The molecule has 2 rings (SSSR count). The van der Waals surface area contributed by atoms with E-state index in [1.54, 1.807) is 17.5 Å². The predicted molar refractivity (Wildman–Crippen MR) is 60.5 cm³/mol. The Morgan fingerprint density at radius 2 is 2.21 bits per heavy atom. The van der Waals surface area contributed by atoms with E-state index in [9.17, 15) is 0 Å². The first kappa shape index (κ1) is 10.4. The van der Waals surface area contributed by atoms with Crippen molar-refractivity contribution >= 4 is 46.0 Å². The zero-order valence-electron chi connectivity index (χ0n) is 7.23. The monoisotopic (exact) mass is 263 g/mol. The third kappa shape index (κ3) is 2.44. The topological polar surface area (TPSA) is 38.7 Å². The summed E-state index contributed by atoms with van der Waals surface area (Å²) in [7, 11) is 0. The molecule has 0 N–H and O–H groups in total. The quantitative estimate of drug-likeness (QED) is 0.851. The van der Waals surface area contributed by atoms with Crippen molar-refractivity contribution in [2.45, 2.75) is 22.0 Å². The lowest BCUT2D eigenvalue weighted by Crippen LogP contribution is -1.75. The van der Waals surface area contributed by atoms with Crippen LogP contribution in [0.3, 0.4) is 0 Å².